The van der Waals surface area contributed by atoms with E-state index < -0.39 is 17.2 Å². The van der Waals surface area contributed by atoms with E-state index in [9.17, 15) is 13.6 Å². The van der Waals surface area contributed by atoms with Crippen molar-refractivity contribution in [1.82, 2.24) is 19.9 Å². The van der Waals surface area contributed by atoms with Crippen LogP contribution in [0.1, 0.15) is 34.6 Å². The average molecular weight is 568 g/mol. The van der Waals surface area contributed by atoms with E-state index >= 15 is 0 Å². The minimum absolute atomic E-state index is 0.0297. The number of aromatic nitrogens is 3. The Bertz CT molecular complexity index is 1400. The van der Waals surface area contributed by atoms with Crippen molar-refractivity contribution in [1.29, 1.82) is 0 Å². The molecule has 3 aromatic rings. The van der Waals surface area contributed by atoms with Gasteiger partial charge in [0, 0.05) is 37.8 Å². The van der Waals surface area contributed by atoms with Crippen LogP contribution in [0.25, 0.3) is 11.3 Å². The molecular weight excluding hydrogens is 532 g/mol. The van der Waals surface area contributed by atoms with E-state index in [0.717, 1.165) is 11.9 Å². The van der Waals surface area contributed by atoms with Gasteiger partial charge in [0.05, 0.1) is 30.3 Å². The molecule has 41 heavy (non-hydrogen) atoms. The summed E-state index contributed by atoms with van der Waals surface area (Å²) in [6, 6.07) is 6.72. The Labute approximate surface area is 238 Å². The van der Waals surface area contributed by atoms with Crippen molar-refractivity contribution in [3.8, 4) is 17.0 Å². The molecule has 12 heteroatoms. The third-order valence-electron chi connectivity index (χ3n) is 6.84. The molecular formula is C29H35F2N7O3. The number of nitrogens with zero attached hydrogens (tertiary/aromatic N) is 6. The molecule has 0 unspecified atom stereocenters. The zero-order valence-corrected chi connectivity index (χ0v) is 23.9. The molecule has 0 saturated carbocycles. The topological polar surface area (TPSA) is 96.0 Å². The van der Waals surface area contributed by atoms with E-state index in [1.54, 1.807) is 23.2 Å². The van der Waals surface area contributed by atoms with Crippen LogP contribution >= 0.6 is 0 Å². The Hall–Kier alpha value is -4.22. The van der Waals surface area contributed by atoms with Crippen molar-refractivity contribution in [2.24, 2.45) is 0 Å². The van der Waals surface area contributed by atoms with Gasteiger partial charge >= 0.3 is 6.09 Å². The summed E-state index contributed by atoms with van der Waals surface area (Å²) in [6.07, 6.45) is 2.46. The predicted octanol–water partition coefficient (Wildman–Crippen LogP) is 5.22. The van der Waals surface area contributed by atoms with Crippen LogP contribution in [0.5, 0.6) is 5.75 Å². The molecule has 5 rings (SSSR count). The normalized spacial score (nSPS) is 15.5. The lowest BCUT2D eigenvalue weighted by Crippen LogP contribution is -2.50. The molecule has 2 aliphatic heterocycles. The highest BCUT2D eigenvalue weighted by Crippen LogP contribution is 2.39. The first kappa shape index (κ1) is 28.3. The smallest absolute Gasteiger partial charge is 0.410 e. The van der Waals surface area contributed by atoms with Crippen LogP contribution in [0.3, 0.4) is 0 Å². The predicted molar refractivity (Wildman–Crippen MR) is 153 cm³/mol. The minimum atomic E-state index is -0.670. The molecule has 1 amide bonds. The Morgan fingerprint density at radius 3 is 2.44 bits per heavy atom. The molecule has 1 saturated heterocycles. The van der Waals surface area contributed by atoms with E-state index in [2.05, 4.69) is 25.2 Å². The van der Waals surface area contributed by atoms with Crippen molar-refractivity contribution in [3.63, 3.8) is 0 Å². The van der Waals surface area contributed by atoms with Gasteiger partial charge in [-0.1, -0.05) is 0 Å². The highest BCUT2D eigenvalue weighted by molar-refractivity contribution is 5.73. The number of ether oxygens (including phenoxy) is 2. The SMILES string of the molecule is CC(C)N1CCOc2c(F)cc(-c3nc(Nc4ccc(N5CCN(C(=O)OC(C)(C)C)CC5)cn4)ncc3F)cc21. The number of anilines is 4. The van der Waals surface area contributed by atoms with Gasteiger partial charge in [0.25, 0.3) is 0 Å². The third kappa shape index (κ3) is 6.41. The molecule has 2 aromatic heterocycles. The van der Waals surface area contributed by atoms with Crippen molar-refractivity contribution in [3.05, 3.63) is 48.3 Å². The van der Waals surface area contributed by atoms with Crippen molar-refractivity contribution in [2.75, 3.05) is 54.4 Å². The Balaban J connectivity index is 1.28. The van der Waals surface area contributed by atoms with Gasteiger partial charge in [-0.2, -0.15) is 0 Å². The van der Waals surface area contributed by atoms with Gasteiger partial charge in [-0.15, -0.1) is 0 Å². The molecule has 0 radical (unpaired) electrons. The number of halogens is 2. The zero-order chi connectivity index (χ0) is 29.3. The Morgan fingerprint density at radius 2 is 1.78 bits per heavy atom. The fraction of sp³-hybridized carbons (Fsp3) is 0.448. The van der Waals surface area contributed by atoms with E-state index in [4.69, 9.17) is 9.47 Å². The molecule has 1 N–H and O–H groups in total. The van der Waals surface area contributed by atoms with Crippen LogP contribution in [-0.4, -0.2) is 76.9 Å². The highest BCUT2D eigenvalue weighted by Gasteiger charge is 2.27. The van der Waals surface area contributed by atoms with E-state index in [1.165, 1.54) is 6.07 Å². The fourth-order valence-corrected chi connectivity index (χ4v) is 4.84. The monoisotopic (exact) mass is 567 g/mol. The van der Waals surface area contributed by atoms with Crippen LogP contribution in [0.15, 0.2) is 36.7 Å². The first-order valence-corrected chi connectivity index (χ1v) is 13.7. The van der Waals surface area contributed by atoms with Crippen molar-refractivity contribution < 1.29 is 23.0 Å². The van der Waals surface area contributed by atoms with Gasteiger partial charge in [0.2, 0.25) is 5.95 Å². The molecule has 1 fully saturated rings. The van der Waals surface area contributed by atoms with E-state index in [-0.39, 0.29) is 35.1 Å². The van der Waals surface area contributed by atoms with Gasteiger partial charge < -0.3 is 29.5 Å². The van der Waals surface area contributed by atoms with Crippen LogP contribution in [0, 0.1) is 11.6 Å². The maximum absolute atomic E-state index is 15.0. The summed E-state index contributed by atoms with van der Waals surface area (Å²) in [4.78, 5) is 31.0. The number of piperazine rings is 1. The Morgan fingerprint density at radius 1 is 1.02 bits per heavy atom. The molecule has 0 bridgehead atoms. The number of benzene rings is 1. The summed E-state index contributed by atoms with van der Waals surface area (Å²) in [5, 5.41) is 3.00. The lowest BCUT2D eigenvalue weighted by molar-refractivity contribution is 0.0240. The molecule has 0 spiro atoms. The quantitative estimate of drug-likeness (QED) is 0.445. The summed E-state index contributed by atoms with van der Waals surface area (Å²) in [5.41, 5.74) is 1.20. The van der Waals surface area contributed by atoms with Gasteiger partial charge in [0.1, 0.15) is 23.7 Å². The van der Waals surface area contributed by atoms with Crippen molar-refractivity contribution >= 4 is 29.2 Å². The first-order valence-electron chi connectivity index (χ1n) is 13.7. The van der Waals surface area contributed by atoms with Gasteiger partial charge in [-0.25, -0.2) is 28.5 Å². The first-order chi connectivity index (χ1) is 19.5. The number of carbonyl (C=O) groups is 1. The van der Waals surface area contributed by atoms with Gasteiger partial charge in [-0.3, -0.25) is 0 Å². The second kappa shape index (κ2) is 11.3. The Kier molecular flexibility index (Phi) is 7.83. The van der Waals surface area contributed by atoms with Crippen LogP contribution in [0.2, 0.25) is 0 Å². The second-order valence-corrected chi connectivity index (χ2v) is 11.3. The molecule has 4 heterocycles. The molecule has 0 atom stereocenters. The molecule has 0 aliphatic carbocycles. The van der Waals surface area contributed by atoms with Crippen LogP contribution in [-0.2, 0) is 4.74 Å². The maximum Gasteiger partial charge on any atom is 0.410 e. The lowest BCUT2D eigenvalue weighted by Gasteiger charge is -2.36. The van der Waals surface area contributed by atoms with E-state index in [1.807, 2.05) is 45.6 Å². The molecule has 1 aromatic carbocycles. The third-order valence-corrected chi connectivity index (χ3v) is 6.84. The number of pyridine rings is 1. The number of hydrogen-bond acceptors (Lipinski definition) is 9. The van der Waals surface area contributed by atoms with Crippen LogP contribution < -0.4 is 19.9 Å². The number of fused-ring (bicyclic) bond motifs is 1. The fourth-order valence-electron chi connectivity index (χ4n) is 4.84. The summed E-state index contributed by atoms with van der Waals surface area (Å²) >= 11 is 0. The summed E-state index contributed by atoms with van der Waals surface area (Å²) in [6.45, 7) is 12.9. The molecule has 10 nitrogen and oxygen atoms in total. The van der Waals surface area contributed by atoms with Crippen LogP contribution in [0.4, 0.5) is 36.7 Å². The van der Waals surface area contributed by atoms with Gasteiger partial charge in [-0.05, 0) is 58.9 Å². The highest BCUT2D eigenvalue weighted by atomic mass is 19.1. The summed E-state index contributed by atoms with van der Waals surface area (Å²) in [5.74, 6) is -0.481. The standard InChI is InChI=1S/C29H35F2N7O3/c1-18(2)38-12-13-40-26-21(30)14-19(15-23(26)38)25-22(31)17-33-27(35-25)34-24-7-6-20(16-32-24)36-8-10-37(11-9-36)28(39)41-29(3,4)5/h6-7,14-18H,8-13H2,1-5H3,(H,32,33,34,35). The molecule has 2 aliphatic rings. The number of rotatable bonds is 5. The van der Waals surface area contributed by atoms with Crippen molar-refractivity contribution in [2.45, 2.75) is 46.3 Å². The average Bonchev–Trinajstić information content (AvgIpc) is 2.93. The summed E-state index contributed by atoms with van der Waals surface area (Å²) < 4.78 is 40.9. The second-order valence-electron chi connectivity index (χ2n) is 11.3. The summed E-state index contributed by atoms with van der Waals surface area (Å²) in [7, 11) is 0. The lowest BCUT2D eigenvalue weighted by atomic mass is 10.1. The van der Waals surface area contributed by atoms with E-state index in [0.29, 0.717) is 50.8 Å². The maximum atomic E-state index is 15.0. The van der Waals surface area contributed by atoms with Gasteiger partial charge in [0.15, 0.2) is 17.4 Å². The minimum Gasteiger partial charge on any atom is -0.486 e. The largest absolute Gasteiger partial charge is 0.486 e. The number of hydrogen-bond donors (Lipinski definition) is 1. The number of nitrogens with one attached hydrogen (secondary N) is 1. The molecule has 218 valence electrons. The number of amides is 1. The number of carbonyl (C=O) groups excluding carboxylic acids is 1. The zero-order valence-electron chi connectivity index (χ0n) is 23.9.